The summed E-state index contributed by atoms with van der Waals surface area (Å²) < 4.78 is 11.9. The molecule has 1 unspecified atom stereocenters. The smallest absolute Gasteiger partial charge is 0.410 e. The number of ether oxygens (including phenoxy) is 2. The number of hydrogen-bond donors (Lipinski definition) is 0. The van der Waals surface area contributed by atoms with Crippen molar-refractivity contribution in [3.05, 3.63) is 101 Å². The second-order valence-electron chi connectivity index (χ2n) is 12.1. The van der Waals surface area contributed by atoms with Crippen LogP contribution in [0.3, 0.4) is 0 Å². The zero-order valence-electron chi connectivity index (χ0n) is 24.8. The molecule has 3 aromatic carbocycles. The second-order valence-corrected chi connectivity index (χ2v) is 16.4. The van der Waals surface area contributed by atoms with Gasteiger partial charge in [-0.05, 0) is 64.6 Å². The van der Waals surface area contributed by atoms with E-state index in [1.807, 2.05) is 62.1 Å². The highest BCUT2D eigenvalue weighted by atomic mass is 28.3. The third-order valence-corrected chi connectivity index (χ3v) is 12.4. The van der Waals surface area contributed by atoms with Crippen molar-refractivity contribution in [1.29, 1.82) is 0 Å². The van der Waals surface area contributed by atoms with Crippen molar-refractivity contribution < 1.29 is 24.0 Å². The third kappa shape index (κ3) is 7.85. The van der Waals surface area contributed by atoms with E-state index in [1.54, 1.807) is 0 Å². The largest absolute Gasteiger partial charge is 0.459 e. The highest BCUT2D eigenvalue weighted by Crippen LogP contribution is 2.28. The molecule has 0 aliphatic carbocycles. The average molecular weight is 589 g/mol. The van der Waals surface area contributed by atoms with Gasteiger partial charge >= 0.3 is 12.1 Å². The minimum Gasteiger partial charge on any atom is -0.459 e. The molecule has 1 amide bonds. The Morgan fingerprint density at radius 1 is 0.976 bits per heavy atom. The molecule has 9 heteroatoms. The van der Waals surface area contributed by atoms with Gasteiger partial charge in [0.15, 0.2) is 0 Å². The van der Waals surface area contributed by atoms with E-state index in [2.05, 4.69) is 30.8 Å². The molecule has 222 valence electrons. The lowest BCUT2D eigenvalue weighted by Crippen LogP contribution is -2.57. The lowest BCUT2D eigenvalue weighted by Gasteiger charge is -2.34. The van der Waals surface area contributed by atoms with Crippen LogP contribution in [0, 0.1) is 10.1 Å². The monoisotopic (exact) mass is 588 g/mol. The summed E-state index contributed by atoms with van der Waals surface area (Å²) in [6.45, 7) is 8.53. The molecule has 42 heavy (non-hydrogen) atoms. The lowest BCUT2D eigenvalue weighted by atomic mass is 10.1. The minimum absolute atomic E-state index is 0.00167. The topological polar surface area (TPSA) is 99.0 Å². The molecule has 0 N–H and O–H groups in total. The zero-order chi connectivity index (χ0) is 30.3. The number of rotatable bonds is 10. The van der Waals surface area contributed by atoms with E-state index in [0.29, 0.717) is 25.4 Å². The Kier molecular flexibility index (Phi) is 9.83. The number of hydrogen-bond acceptors (Lipinski definition) is 6. The van der Waals surface area contributed by atoms with Gasteiger partial charge < -0.3 is 14.4 Å². The number of nitro benzene ring substituents is 1. The summed E-state index contributed by atoms with van der Waals surface area (Å²) in [5, 5.41) is 13.6. The van der Waals surface area contributed by atoms with Gasteiger partial charge in [0.05, 0.1) is 10.5 Å². The Bertz CT molecular complexity index is 1320. The first-order valence-corrected chi connectivity index (χ1v) is 17.2. The van der Waals surface area contributed by atoms with E-state index >= 15 is 0 Å². The molecule has 1 saturated heterocycles. The van der Waals surface area contributed by atoms with E-state index in [4.69, 9.17) is 9.47 Å². The Morgan fingerprint density at radius 3 is 2.07 bits per heavy atom. The third-order valence-electron chi connectivity index (χ3n) is 7.87. The van der Waals surface area contributed by atoms with Crippen molar-refractivity contribution in [2.45, 2.75) is 76.8 Å². The van der Waals surface area contributed by atoms with E-state index in [1.165, 1.54) is 34.6 Å². The average Bonchev–Trinajstić information content (AvgIpc) is 3.45. The fraction of sp³-hybridized carbons (Fsp3) is 0.394. The van der Waals surface area contributed by atoms with Crippen LogP contribution in [0.4, 0.5) is 10.5 Å². The summed E-state index contributed by atoms with van der Waals surface area (Å²) >= 11 is 0. The van der Waals surface area contributed by atoms with Gasteiger partial charge in [0.2, 0.25) is 0 Å². The van der Waals surface area contributed by atoms with E-state index in [0.717, 1.165) is 12.8 Å². The number of amides is 1. The number of carbonyl (C=O) groups excluding carboxylic acids is 2. The maximum atomic E-state index is 13.4. The van der Waals surface area contributed by atoms with Crippen molar-refractivity contribution in [2.24, 2.45) is 0 Å². The first kappa shape index (κ1) is 31.0. The zero-order valence-corrected chi connectivity index (χ0v) is 25.8. The Hall–Kier alpha value is -3.98. The van der Waals surface area contributed by atoms with Gasteiger partial charge in [-0.1, -0.05) is 77.6 Å². The number of benzene rings is 3. The fourth-order valence-electron chi connectivity index (χ4n) is 5.69. The quantitative estimate of drug-likeness (QED) is 0.121. The molecule has 8 nitrogen and oxygen atoms in total. The Morgan fingerprint density at radius 2 is 1.55 bits per heavy atom. The summed E-state index contributed by atoms with van der Waals surface area (Å²) in [4.78, 5) is 38.7. The molecular formula is C33H40N2O6Si. The van der Waals surface area contributed by atoms with E-state index in [9.17, 15) is 19.7 Å². The van der Waals surface area contributed by atoms with Crippen molar-refractivity contribution in [2.75, 3.05) is 6.54 Å². The van der Waals surface area contributed by atoms with Gasteiger partial charge in [0, 0.05) is 24.7 Å². The molecule has 0 spiro atoms. The summed E-state index contributed by atoms with van der Waals surface area (Å²) in [6, 6.07) is 26.9. The van der Waals surface area contributed by atoms with Crippen LogP contribution in [0.2, 0.25) is 12.6 Å². The predicted octanol–water partition coefficient (Wildman–Crippen LogP) is 6.19. The SMILES string of the molecule is CC(C)(C)OC(=O)N1CCC[C@H]1CCC(C[Si](C)(c1ccccc1)c1ccccc1)OC(=O)c1ccc([N+](=O)[O-])cc1. The van der Waals surface area contributed by atoms with Crippen molar-refractivity contribution >= 4 is 36.2 Å². The first-order chi connectivity index (χ1) is 20.0. The van der Waals surface area contributed by atoms with Gasteiger partial charge in [-0.15, -0.1) is 0 Å². The minimum atomic E-state index is -2.38. The molecule has 0 saturated carbocycles. The Balaban J connectivity index is 1.60. The molecular weight excluding hydrogens is 548 g/mol. The van der Waals surface area contributed by atoms with Gasteiger partial charge in [-0.25, -0.2) is 9.59 Å². The van der Waals surface area contributed by atoms with Crippen LogP contribution in [0.25, 0.3) is 0 Å². The second kappa shape index (κ2) is 13.3. The maximum absolute atomic E-state index is 13.4. The van der Waals surface area contributed by atoms with Gasteiger partial charge in [0.25, 0.3) is 5.69 Å². The van der Waals surface area contributed by atoms with Crippen LogP contribution < -0.4 is 10.4 Å². The molecule has 0 radical (unpaired) electrons. The number of non-ortho nitro benzene ring substituents is 1. The van der Waals surface area contributed by atoms with Crippen molar-refractivity contribution in [1.82, 2.24) is 4.90 Å². The number of nitrogens with zero attached hydrogens (tertiary/aromatic N) is 2. The molecule has 2 atom stereocenters. The van der Waals surface area contributed by atoms with Gasteiger partial charge in [-0.2, -0.15) is 0 Å². The molecule has 0 aromatic heterocycles. The fourth-order valence-corrected chi connectivity index (χ4v) is 9.55. The molecule has 0 bridgehead atoms. The number of esters is 1. The van der Waals surface area contributed by atoms with Crippen LogP contribution in [-0.4, -0.2) is 54.3 Å². The van der Waals surface area contributed by atoms with Crippen LogP contribution in [-0.2, 0) is 9.47 Å². The highest BCUT2D eigenvalue weighted by Gasteiger charge is 2.38. The van der Waals surface area contributed by atoms with Gasteiger partial charge in [-0.3, -0.25) is 10.1 Å². The standard InChI is InChI=1S/C33H40N2O6Si/c1-33(2,3)41-32(37)34-23-11-12-26(34)21-22-28(40-31(36)25-17-19-27(20-18-25)35(38)39)24-42(4,29-13-7-5-8-14-29)30-15-9-6-10-16-30/h5-10,13-20,26,28H,11-12,21-24H2,1-4H3/t26-,28?/m0/s1. The highest BCUT2D eigenvalue weighted by molar-refractivity contribution is 7.01. The molecule has 4 rings (SSSR count). The lowest BCUT2D eigenvalue weighted by molar-refractivity contribution is -0.384. The molecule has 1 fully saturated rings. The normalized spacial score (nSPS) is 16.1. The molecule has 3 aromatic rings. The van der Waals surface area contributed by atoms with Crippen LogP contribution >= 0.6 is 0 Å². The van der Waals surface area contributed by atoms with Crippen molar-refractivity contribution in [3.8, 4) is 0 Å². The predicted molar refractivity (Wildman–Crippen MR) is 166 cm³/mol. The molecule has 1 heterocycles. The summed E-state index contributed by atoms with van der Waals surface area (Å²) in [6.07, 6.45) is 2.28. The number of likely N-dealkylation sites (tertiary alicyclic amines) is 1. The van der Waals surface area contributed by atoms with Gasteiger partial charge in [0.1, 0.15) is 19.8 Å². The molecule has 1 aliphatic heterocycles. The van der Waals surface area contributed by atoms with E-state index < -0.39 is 30.7 Å². The number of carbonyl (C=O) groups is 2. The van der Waals surface area contributed by atoms with E-state index in [-0.39, 0.29) is 23.4 Å². The van der Waals surface area contributed by atoms with Crippen LogP contribution in [0.1, 0.15) is 56.8 Å². The van der Waals surface area contributed by atoms with Crippen LogP contribution in [0.5, 0.6) is 0 Å². The summed E-state index contributed by atoms with van der Waals surface area (Å²) in [5.74, 6) is -0.511. The summed E-state index contributed by atoms with van der Waals surface area (Å²) in [7, 11) is -2.38. The Labute approximate surface area is 248 Å². The molecule has 1 aliphatic rings. The summed E-state index contributed by atoms with van der Waals surface area (Å²) in [5.41, 5.74) is -0.393. The van der Waals surface area contributed by atoms with Crippen LogP contribution in [0.15, 0.2) is 84.9 Å². The number of nitro groups is 1. The van der Waals surface area contributed by atoms with Crippen molar-refractivity contribution in [3.63, 3.8) is 0 Å². The first-order valence-electron chi connectivity index (χ1n) is 14.5. The maximum Gasteiger partial charge on any atom is 0.410 e.